The zero-order valence-electron chi connectivity index (χ0n) is 9.75. The molecule has 0 saturated heterocycles. The van der Waals surface area contributed by atoms with Crippen LogP contribution in [0.3, 0.4) is 0 Å². The number of hydrogen-bond acceptors (Lipinski definition) is 1. The van der Waals surface area contributed by atoms with E-state index in [0.29, 0.717) is 11.1 Å². The third-order valence-corrected chi connectivity index (χ3v) is 3.51. The average molecular weight is 359 g/mol. The summed E-state index contributed by atoms with van der Waals surface area (Å²) in [5.41, 5.74) is 7.00. The van der Waals surface area contributed by atoms with E-state index >= 15 is 0 Å². The van der Waals surface area contributed by atoms with Crippen LogP contribution < -0.4 is 5.73 Å². The van der Waals surface area contributed by atoms with Gasteiger partial charge in [0, 0.05) is 9.13 Å². The summed E-state index contributed by atoms with van der Waals surface area (Å²) in [7, 11) is 0. The molecule has 4 heteroatoms. The molecule has 2 rings (SSSR count). The van der Waals surface area contributed by atoms with Gasteiger partial charge in [-0.2, -0.15) is 0 Å². The summed E-state index contributed by atoms with van der Waals surface area (Å²) in [6.07, 6.45) is 0. The minimum atomic E-state index is -0.792. The van der Waals surface area contributed by atoms with Crippen LogP contribution in [0, 0.1) is 22.1 Å². The van der Waals surface area contributed by atoms with Crippen molar-refractivity contribution < 1.29 is 8.78 Å². The van der Waals surface area contributed by atoms with E-state index in [1.165, 1.54) is 12.1 Å². The molecular formula is C14H12F2IN. The molecule has 0 saturated carbocycles. The van der Waals surface area contributed by atoms with Crippen molar-refractivity contribution in [2.75, 3.05) is 0 Å². The third-order valence-electron chi connectivity index (χ3n) is 2.84. The molecule has 0 bridgehead atoms. The van der Waals surface area contributed by atoms with Crippen molar-refractivity contribution in [2.45, 2.75) is 13.0 Å². The molecule has 1 atom stereocenters. The molecule has 18 heavy (non-hydrogen) atoms. The first-order valence-electron chi connectivity index (χ1n) is 5.46. The quantitative estimate of drug-likeness (QED) is 0.808. The minimum Gasteiger partial charge on any atom is -0.320 e. The summed E-state index contributed by atoms with van der Waals surface area (Å²) >= 11 is 2.14. The van der Waals surface area contributed by atoms with Crippen molar-refractivity contribution in [3.63, 3.8) is 0 Å². The number of rotatable bonds is 2. The van der Waals surface area contributed by atoms with Crippen LogP contribution in [0.4, 0.5) is 8.78 Å². The Morgan fingerprint density at radius 2 is 1.89 bits per heavy atom. The highest BCUT2D eigenvalue weighted by Crippen LogP contribution is 2.27. The maximum absolute atomic E-state index is 14.0. The van der Waals surface area contributed by atoms with Gasteiger partial charge in [0.25, 0.3) is 0 Å². The lowest BCUT2D eigenvalue weighted by molar-refractivity contribution is 0.538. The van der Waals surface area contributed by atoms with Gasteiger partial charge in [-0.25, -0.2) is 8.78 Å². The molecule has 94 valence electrons. The molecule has 0 radical (unpaired) electrons. The Kier molecular flexibility index (Phi) is 3.97. The monoisotopic (exact) mass is 359 g/mol. The number of halogens is 3. The molecule has 0 fully saturated rings. The van der Waals surface area contributed by atoms with Gasteiger partial charge in [0.15, 0.2) is 0 Å². The van der Waals surface area contributed by atoms with Crippen LogP contribution in [-0.2, 0) is 0 Å². The Hall–Kier alpha value is -1.01. The first-order valence-corrected chi connectivity index (χ1v) is 6.54. The predicted molar refractivity (Wildman–Crippen MR) is 76.3 cm³/mol. The highest BCUT2D eigenvalue weighted by molar-refractivity contribution is 14.1. The van der Waals surface area contributed by atoms with E-state index in [0.717, 1.165) is 3.57 Å². The number of aryl methyl sites for hydroxylation is 1. The summed E-state index contributed by atoms with van der Waals surface area (Å²) < 4.78 is 28.7. The van der Waals surface area contributed by atoms with Gasteiger partial charge in [-0.3, -0.25) is 0 Å². The zero-order chi connectivity index (χ0) is 13.3. The van der Waals surface area contributed by atoms with Gasteiger partial charge in [-0.15, -0.1) is 0 Å². The van der Waals surface area contributed by atoms with Gasteiger partial charge >= 0.3 is 0 Å². The van der Waals surface area contributed by atoms with E-state index in [-0.39, 0.29) is 5.56 Å². The van der Waals surface area contributed by atoms with Gasteiger partial charge in [0.1, 0.15) is 11.6 Å². The molecule has 0 aliphatic rings. The molecule has 2 aromatic rings. The number of benzene rings is 2. The van der Waals surface area contributed by atoms with Crippen molar-refractivity contribution in [1.29, 1.82) is 0 Å². The molecule has 0 spiro atoms. The van der Waals surface area contributed by atoms with Crippen molar-refractivity contribution in [1.82, 2.24) is 0 Å². The Morgan fingerprint density at radius 1 is 1.17 bits per heavy atom. The Morgan fingerprint density at radius 3 is 2.56 bits per heavy atom. The molecule has 0 heterocycles. The normalized spacial score (nSPS) is 12.5. The first-order chi connectivity index (χ1) is 8.50. The number of hydrogen-bond donors (Lipinski definition) is 1. The molecule has 1 unspecified atom stereocenters. The Balaban J connectivity index is 2.52. The standard InChI is InChI=1S/C14H12F2IN/c1-8-5-6-11(15)12(13(8)16)14(18)9-3-2-4-10(17)7-9/h2-7,14H,18H2,1H3. The van der Waals surface area contributed by atoms with Gasteiger partial charge in [0.2, 0.25) is 0 Å². The van der Waals surface area contributed by atoms with Crippen LogP contribution in [0.2, 0.25) is 0 Å². The van der Waals surface area contributed by atoms with E-state index in [2.05, 4.69) is 22.6 Å². The second-order valence-electron chi connectivity index (χ2n) is 4.12. The minimum absolute atomic E-state index is 0.0722. The summed E-state index contributed by atoms with van der Waals surface area (Å²) in [5, 5.41) is 0. The largest absolute Gasteiger partial charge is 0.320 e. The van der Waals surface area contributed by atoms with Crippen molar-refractivity contribution in [3.8, 4) is 0 Å². The van der Waals surface area contributed by atoms with Crippen LogP contribution in [0.15, 0.2) is 36.4 Å². The van der Waals surface area contributed by atoms with Gasteiger partial charge in [-0.05, 0) is 58.8 Å². The SMILES string of the molecule is Cc1ccc(F)c(C(N)c2cccc(I)c2)c1F. The maximum atomic E-state index is 14.0. The van der Waals surface area contributed by atoms with E-state index in [1.807, 2.05) is 18.2 Å². The average Bonchev–Trinajstić information content (AvgIpc) is 2.34. The maximum Gasteiger partial charge on any atom is 0.134 e. The molecule has 1 nitrogen and oxygen atoms in total. The fourth-order valence-electron chi connectivity index (χ4n) is 1.83. The predicted octanol–water partition coefficient (Wildman–Crippen LogP) is 3.93. The topological polar surface area (TPSA) is 26.0 Å². The van der Waals surface area contributed by atoms with Crippen LogP contribution in [0.5, 0.6) is 0 Å². The van der Waals surface area contributed by atoms with Crippen molar-refractivity contribution >= 4 is 22.6 Å². The molecule has 0 aromatic heterocycles. The summed E-state index contributed by atoms with van der Waals surface area (Å²) in [4.78, 5) is 0. The lowest BCUT2D eigenvalue weighted by Crippen LogP contribution is -2.16. The third kappa shape index (κ3) is 2.54. The summed E-state index contributed by atoms with van der Waals surface area (Å²) in [6.45, 7) is 1.60. The van der Waals surface area contributed by atoms with E-state index in [1.54, 1.807) is 13.0 Å². The molecule has 0 aliphatic heterocycles. The summed E-state index contributed by atoms with van der Waals surface area (Å²) in [5.74, 6) is -1.18. The van der Waals surface area contributed by atoms with E-state index < -0.39 is 17.7 Å². The molecule has 2 aromatic carbocycles. The lowest BCUT2D eigenvalue weighted by atomic mass is 9.97. The van der Waals surface area contributed by atoms with Crippen molar-refractivity contribution in [3.05, 3.63) is 68.3 Å². The molecule has 2 N–H and O–H groups in total. The smallest absolute Gasteiger partial charge is 0.134 e. The van der Waals surface area contributed by atoms with Crippen LogP contribution in [0.25, 0.3) is 0 Å². The second kappa shape index (κ2) is 5.32. The van der Waals surface area contributed by atoms with E-state index in [4.69, 9.17) is 5.73 Å². The fraction of sp³-hybridized carbons (Fsp3) is 0.143. The van der Waals surface area contributed by atoms with Crippen LogP contribution in [0.1, 0.15) is 22.7 Å². The second-order valence-corrected chi connectivity index (χ2v) is 5.37. The highest BCUT2D eigenvalue weighted by atomic mass is 127. The molecule has 0 amide bonds. The Labute approximate surface area is 118 Å². The number of nitrogens with two attached hydrogens (primary N) is 1. The fourth-order valence-corrected chi connectivity index (χ4v) is 2.40. The summed E-state index contributed by atoms with van der Waals surface area (Å²) in [6, 6.07) is 9.19. The van der Waals surface area contributed by atoms with Gasteiger partial charge < -0.3 is 5.73 Å². The zero-order valence-corrected chi connectivity index (χ0v) is 11.9. The van der Waals surface area contributed by atoms with Gasteiger partial charge in [-0.1, -0.05) is 18.2 Å². The van der Waals surface area contributed by atoms with Gasteiger partial charge in [0.05, 0.1) is 6.04 Å². The molecular weight excluding hydrogens is 347 g/mol. The lowest BCUT2D eigenvalue weighted by Gasteiger charge is -2.15. The van der Waals surface area contributed by atoms with E-state index in [9.17, 15) is 8.78 Å². The first kappa shape index (κ1) is 13.4. The Bertz CT molecular complexity index is 584. The molecule has 0 aliphatic carbocycles. The highest BCUT2D eigenvalue weighted by Gasteiger charge is 2.19. The van der Waals surface area contributed by atoms with Crippen LogP contribution in [-0.4, -0.2) is 0 Å². The van der Waals surface area contributed by atoms with Crippen LogP contribution >= 0.6 is 22.6 Å². The van der Waals surface area contributed by atoms with Crippen molar-refractivity contribution in [2.24, 2.45) is 5.73 Å².